The average Bonchev–Trinajstić information content (AvgIpc) is 2.99. The molecule has 1 aromatic carbocycles. The maximum Gasteiger partial charge on any atom is 0.305 e. The van der Waals surface area contributed by atoms with Crippen molar-refractivity contribution in [2.45, 2.75) is 25.9 Å². The Balaban J connectivity index is 2.14. The maximum absolute atomic E-state index is 13.6. The fraction of sp³-hybridized carbons (Fsp3) is 0.500. The Morgan fingerprint density at radius 3 is 2.83 bits per heavy atom. The number of nitrogens with zero attached hydrogens (tertiary/aromatic N) is 1. The molecule has 7 heteroatoms. The van der Waals surface area contributed by atoms with Gasteiger partial charge in [-0.1, -0.05) is 17.7 Å². The third kappa shape index (κ3) is 4.20. The number of ether oxygens (including phenoxy) is 1. The molecule has 0 spiro atoms. The summed E-state index contributed by atoms with van der Waals surface area (Å²) in [6.07, 6.45) is -0.113. The molecule has 0 saturated carbocycles. The lowest BCUT2D eigenvalue weighted by Gasteiger charge is -2.26. The molecule has 5 nitrogen and oxygen atoms in total. The maximum atomic E-state index is 13.6. The Labute approximate surface area is 139 Å². The summed E-state index contributed by atoms with van der Waals surface area (Å²) in [5.74, 6) is -2.10. The molecule has 1 fully saturated rings. The van der Waals surface area contributed by atoms with Gasteiger partial charge in [-0.15, -0.1) is 0 Å². The van der Waals surface area contributed by atoms with Gasteiger partial charge in [0.1, 0.15) is 5.82 Å². The summed E-state index contributed by atoms with van der Waals surface area (Å²) < 4.78 is 19.3. The SMILES string of the molecule is CCN(CCC(=O)O)C(=O)[C@@H]1CCO[C@H]1c1ccc(Cl)c(F)c1. The number of hydrogen-bond acceptors (Lipinski definition) is 3. The summed E-state index contributed by atoms with van der Waals surface area (Å²) in [5.41, 5.74) is 0.567. The van der Waals surface area contributed by atoms with Gasteiger partial charge in [0.15, 0.2) is 0 Å². The van der Waals surface area contributed by atoms with Gasteiger partial charge >= 0.3 is 5.97 Å². The first-order valence-corrected chi connectivity index (χ1v) is 7.89. The van der Waals surface area contributed by atoms with Gasteiger partial charge in [0, 0.05) is 19.7 Å². The van der Waals surface area contributed by atoms with Crippen molar-refractivity contribution in [3.63, 3.8) is 0 Å². The molecule has 0 unspecified atom stereocenters. The molecule has 1 aliphatic rings. The van der Waals surface area contributed by atoms with Crippen molar-refractivity contribution in [3.8, 4) is 0 Å². The van der Waals surface area contributed by atoms with Crippen LogP contribution in [0.4, 0.5) is 4.39 Å². The van der Waals surface area contributed by atoms with E-state index in [4.69, 9.17) is 21.4 Å². The Morgan fingerprint density at radius 1 is 1.48 bits per heavy atom. The van der Waals surface area contributed by atoms with Gasteiger partial charge in [0.2, 0.25) is 5.91 Å². The van der Waals surface area contributed by atoms with Crippen molar-refractivity contribution in [1.82, 2.24) is 4.90 Å². The van der Waals surface area contributed by atoms with Crippen LogP contribution >= 0.6 is 11.6 Å². The van der Waals surface area contributed by atoms with Crippen LogP contribution in [0.1, 0.15) is 31.4 Å². The van der Waals surface area contributed by atoms with Crippen LogP contribution < -0.4 is 0 Å². The second kappa shape index (κ2) is 7.75. The summed E-state index contributed by atoms with van der Waals surface area (Å²) in [6.45, 7) is 2.78. The molecule has 2 rings (SSSR count). The molecule has 0 aliphatic carbocycles. The van der Waals surface area contributed by atoms with Gasteiger partial charge in [-0.2, -0.15) is 0 Å². The molecule has 1 amide bonds. The number of aliphatic carboxylic acids is 1. The first-order chi connectivity index (χ1) is 10.9. The summed E-state index contributed by atoms with van der Waals surface area (Å²) in [5, 5.41) is 8.79. The molecule has 0 aromatic heterocycles. The first kappa shape index (κ1) is 17.7. The minimum Gasteiger partial charge on any atom is -0.481 e. The molecule has 1 aliphatic heterocycles. The van der Waals surface area contributed by atoms with E-state index >= 15 is 0 Å². The topological polar surface area (TPSA) is 66.8 Å². The number of carbonyl (C=O) groups excluding carboxylic acids is 1. The second-order valence-corrected chi connectivity index (χ2v) is 5.83. The number of hydrogen-bond donors (Lipinski definition) is 1. The van der Waals surface area contributed by atoms with E-state index in [0.29, 0.717) is 25.1 Å². The minimum atomic E-state index is -0.949. The Morgan fingerprint density at radius 2 is 2.22 bits per heavy atom. The van der Waals surface area contributed by atoms with E-state index in [1.54, 1.807) is 13.0 Å². The van der Waals surface area contributed by atoms with Crippen LogP contribution in [0, 0.1) is 11.7 Å². The molecule has 2 atom stereocenters. The smallest absolute Gasteiger partial charge is 0.305 e. The second-order valence-electron chi connectivity index (χ2n) is 5.42. The number of carbonyl (C=O) groups is 2. The molecule has 126 valence electrons. The van der Waals surface area contributed by atoms with Crippen molar-refractivity contribution in [3.05, 3.63) is 34.6 Å². The van der Waals surface area contributed by atoms with Crippen LogP contribution in [0.25, 0.3) is 0 Å². The number of halogens is 2. The lowest BCUT2D eigenvalue weighted by Crippen LogP contribution is -2.38. The van der Waals surface area contributed by atoms with E-state index in [1.165, 1.54) is 17.0 Å². The highest BCUT2D eigenvalue weighted by molar-refractivity contribution is 6.30. The number of amides is 1. The van der Waals surface area contributed by atoms with Gasteiger partial charge in [-0.3, -0.25) is 9.59 Å². The number of carboxylic acid groups (broad SMARTS) is 1. The van der Waals surface area contributed by atoms with Crippen LogP contribution in [0.2, 0.25) is 5.02 Å². The number of benzene rings is 1. The van der Waals surface area contributed by atoms with E-state index in [1.807, 2.05) is 0 Å². The van der Waals surface area contributed by atoms with E-state index in [0.717, 1.165) is 0 Å². The van der Waals surface area contributed by atoms with Gasteiger partial charge in [-0.25, -0.2) is 4.39 Å². The highest BCUT2D eigenvalue weighted by atomic mass is 35.5. The van der Waals surface area contributed by atoms with Gasteiger partial charge < -0.3 is 14.7 Å². The number of carboxylic acids is 1. The summed E-state index contributed by atoms with van der Waals surface area (Å²) >= 11 is 5.68. The zero-order chi connectivity index (χ0) is 17.0. The molecule has 0 radical (unpaired) electrons. The van der Waals surface area contributed by atoms with Crippen LogP contribution in [-0.2, 0) is 14.3 Å². The molecular weight excluding hydrogens is 325 g/mol. The molecule has 1 heterocycles. The third-order valence-electron chi connectivity index (χ3n) is 3.97. The first-order valence-electron chi connectivity index (χ1n) is 7.51. The largest absolute Gasteiger partial charge is 0.481 e. The van der Waals surface area contributed by atoms with Gasteiger partial charge in [-0.05, 0) is 31.0 Å². The minimum absolute atomic E-state index is 0.0197. The highest BCUT2D eigenvalue weighted by Crippen LogP contribution is 2.36. The van der Waals surface area contributed by atoms with Crippen molar-refractivity contribution in [2.24, 2.45) is 5.92 Å². The van der Waals surface area contributed by atoms with E-state index < -0.39 is 23.8 Å². The predicted octanol–water partition coefficient (Wildman–Crippen LogP) is 2.88. The van der Waals surface area contributed by atoms with Crippen LogP contribution in [0.15, 0.2) is 18.2 Å². The summed E-state index contributed by atoms with van der Waals surface area (Å²) in [7, 11) is 0. The van der Waals surface area contributed by atoms with Crippen LogP contribution in [0.5, 0.6) is 0 Å². The predicted molar refractivity (Wildman–Crippen MR) is 82.7 cm³/mol. The zero-order valence-corrected chi connectivity index (χ0v) is 13.6. The molecule has 23 heavy (non-hydrogen) atoms. The van der Waals surface area contributed by atoms with Crippen molar-refractivity contribution in [1.29, 1.82) is 0 Å². The lowest BCUT2D eigenvalue weighted by molar-refractivity contribution is -0.140. The fourth-order valence-corrected chi connectivity index (χ4v) is 2.87. The highest BCUT2D eigenvalue weighted by Gasteiger charge is 2.37. The van der Waals surface area contributed by atoms with E-state index in [9.17, 15) is 14.0 Å². The molecule has 0 bridgehead atoms. The fourth-order valence-electron chi connectivity index (χ4n) is 2.75. The van der Waals surface area contributed by atoms with Gasteiger partial charge in [0.25, 0.3) is 0 Å². The zero-order valence-electron chi connectivity index (χ0n) is 12.8. The monoisotopic (exact) mass is 343 g/mol. The standard InChI is InChI=1S/C16H19ClFNO4/c1-2-19(7-5-14(20)21)16(22)11-6-8-23-15(11)10-3-4-12(17)13(18)9-10/h3-4,9,11,15H,2,5-8H2,1H3,(H,20,21)/t11-,15+/m1/s1. The Kier molecular flexibility index (Phi) is 5.96. The van der Waals surface area contributed by atoms with E-state index in [-0.39, 0.29) is 23.9 Å². The molecular formula is C16H19ClFNO4. The molecule has 1 N–H and O–H groups in total. The third-order valence-corrected chi connectivity index (χ3v) is 4.28. The molecule has 1 aromatic rings. The van der Waals surface area contributed by atoms with Crippen LogP contribution in [0.3, 0.4) is 0 Å². The lowest BCUT2D eigenvalue weighted by atomic mass is 9.93. The molecule has 1 saturated heterocycles. The van der Waals surface area contributed by atoms with E-state index in [2.05, 4.69) is 0 Å². The quantitative estimate of drug-likeness (QED) is 0.862. The van der Waals surface area contributed by atoms with Crippen molar-refractivity contribution >= 4 is 23.5 Å². The summed E-state index contributed by atoms with van der Waals surface area (Å²) in [4.78, 5) is 24.9. The Bertz CT molecular complexity index is 595. The van der Waals surface area contributed by atoms with Gasteiger partial charge in [0.05, 0.1) is 23.5 Å². The normalized spacial score (nSPS) is 20.5. The summed E-state index contributed by atoms with van der Waals surface area (Å²) in [6, 6.07) is 4.37. The van der Waals surface area contributed by atoms with Crippen LogP contribution in [-0.4, -0.2) is 41.6 Å². The van der Waals surface area contributed by atoms with Crippen molar-refractivity contribution < 1.29 is 23.8 Å². The number of rotatable bonds is 6. The Hall–Kier alpha value is -1.66. The van der Waals surface area contributed by atoms with Crippen molar-refractivity contribution in [2.75, 3.05) is 19.7 Å². The average molecular weight is 344 g/mol.